The van der Waals surface area contributed by atoms with Crippen LogP contribution in [0, 0.1) is 5.41 Å². The minimum atomic E-state index is -0.179. The fraction of sp³-hybridized carbons (Fsp3) is 0.588. The molecule has 2 saturated heterocycles. The summed E-state index contributed by atoms with van der Waals surface area (Å²) in [6.07, 6.45) is 0.968. The third-order valence-corrected chi connectivity index (χ3v) is 4.79. The summed E-state index contributed by atoms with van der Waals surface area (Å²) in [5.74, 6) is 0.340. The molecule has 2 fully saturated rings. The highest BCUT2D eigenvalue weighted by Crippen LogP contribution is 2.27. The number of rotatable bonds is 3. The van der Waals surface area contributed by atoms with Crippen LogP contribution in [0.1, 0.15) is 18.9 Å². The molecule has 0 aliphatic carbocycles. The van der Waals surface area contributed by atoms with Crippen LogP contribution in [0.25, 0.3) is 0 Å². The maximum Gasteiger partial charge on any atom is 0.229 e. The van der Waals surface area contributed by atoms with Crippen LogP contribution >= 0.6 is 0 Å². The van der Waals surface area contributed by atoms with Crippen molar-refractivity contribution in [2.45, 2.75) is 19.9 Å². The quantitative estimate of drug-likeness (QED) is 0.911. The van der Waals surface area contributed by atoms with E-state index >= 15 is 0 Å². The Balaban J connectivity index is 1.52. The average Bonchev–Trinajstić information content (AvgIpc) is 2.96. The largest absolute Gasteiger partial charge is 0.340 e. The zero-order valence-corrected chi connectivity index (χ0v) is 12.8. The number of carbonyl (C=O) groups excluding carboxylic acids is 1. The van der Waals surface area contributed by atoms with Gasteiger partial charge in [0.05, 0.1) is 5.41 Å². The lowest BCUT2D eigenvalue weighted by atomic mass is 9.88. The second-order valence-corrected chi connectivity index (χ2v) is 6.54. The molecular formula is C17H25N3O. The number of carbonyl (C=O) groups is 1. The lowest BCUT2D eigenvalue weighted by Crippen LogP contribution is -2.52. The Morgan fingerprint density at radius 1 is 1.19 bits per heavy atom. The second kappa shape index (κ2) is 6.16. The van der Waals surface area contributed by atoms with Crippen LogP contribution in [-0.4, -0.2) is 55.0 Å². The van der Waals surface area contributed by atoms with Crippen LogP contribution < -0.4 is 5.32 Å². The van der Waals surface area contributed by atoms with E-state index in [9.17, 15) is 4.79 Å². The highest BCUT2D eigenvalue weighted by Gasteiger charge is 2.39. The van der Waals surface area contributed by atoms with Gasteiger partial charge in [-0.1, -0.05) is 30.3 Å². The Morgan fingerprint density at radius 2 is 1.90 bits per heavy atom. The summed E-state index contributed by atoms with van der Waals surface area (Å²) < 4.78 is 0. The van der Waals surface area contributed by atoms with Crippen molar-refractivity contribution in [1.82, 2.24) is 15.1 Å². The van der Waals surface area contributed by atoms with Crippen molar-refractivity contribution in [1.29, 1.82) is 0 Å². The van der Waals surface area contributed by atoms with Gasteiger partial charge in [0.15, 0.2) is 0 Å². The van der Waals surface area contributed by atoms with Gasteiger partial charge in [-0.25, -0.2) is 0 Å². The summed E-state index contributed by atoms with van der Waals surface area (Å²) in [5, 5.41) is 3.32. The molecule has 1 amide bonds. The van der Waals surface area contributed by atoms with Gasteiger partial charge in [0.2, 0.25) is 5.91 Å². The maximum atomic E-state index is 12.7. The molecular weight excluding hydrogens is 262 g/mol. The standard InChI is InChI=1S/C17H25N3O/c1-17(7-8-18-14-17)16(21)20-11-9-19(10-12-20)13-15-5-3-2-4-6-15/h2-6,18H,7-14H2,1H3. The number of hydrogen-bond acceptors (Lipinski definition) is 3. The van der Waals surface area contributed by atoms with Crippen molar-refractivity contribution >= 4 is 5.91 Å². The maximum absolute atomic E-state index is 12.7. The first-order valence-electron chi connectivity index (χ1n) is 7.94. The predicted octanol–water partition coefficient (Wildman–Crippen LogP) is 1.33. The van der Waals surface area contributed by atoms with Gasteiger partial charge >= 0.3 is 0 Å². The van der Waals surface area contributed by atoms with Gasteiger partial charge in [0, 0.05) is 39.3 Å². The Morgan fingerprint density at radius 3 is 2.52 bits per heavy atom. The molecule has 0 aromatic heterocycles. The fourth-order valence-electron chi connectivity index (χ4n) is 3.33. The highest BCUT2D eigenvalue weighted by molar-refractivity contribution is 5.83. The predicted molar refractivity (Wildman–Crippen MR) is 83.9 cm³/mol. The van der Waals surface area contributed by atoms with Crippen LogP contribution in [0.4, 0.5) is 0 Å². The van der Waals surface area contributed by atoms with Crippen LogP contribution in [0.15, 0.2) is 30.3 Å². The van der Waals surface area contributed by atoms with E-state index in [1.807, 2.05) is 0 Å². The van der Waals surface area contributed by atoms with E-state index in [0.29, 0.717) is 5.91 Å². The summed E-state index contributed by atoms with van der Waals surface area (Å²) in [6, 6.07) is 10.6. The van der Waals surface area contributed by atoms with Crippen molar-refractivity contribution < 1.29 is 4.79 Å². The molecule has 2 aliphatic rings. The van der Waals surface area contributed by atoms with Crippen LogP contribution in [0.2, 0.25) is 0 Å². The van der Waals surface area contributed by atoms with Gasteiger partial charge in [-0.3, -0.25) is 9.69 Å². The molecule has 1 aromatic rings. The molecule has 21 heavy (non-hydrogen) atoms. The molecule has 1 unspecified atom stereocenters. The summed E-state index contributed by atoms with van der Waals surface area (Å²) in [6.45, 7) is 8.57. The third-order valence-electron chi connectivity index (χ3n) is 4.79. The highest BCUT2D eigenvalue weighted by atomic mass is 16.2. The van der Waals surface area contributed by atoms with E-state index in [-0.39, 0.29) is 5.41 Å². The van der Waals surface area contributed by atoms with Crippen molar-refractivity contribution in [2.24, 2.45) is 5.41 Å². The molecule has 3 rings (SSSR count). The molecule has 2 heterocycles. The summed E-state index contributed by atoms with van der Waals surface area (Å²) in [5.41, 5.74) is 1.17. The Labute approximate surface area is 127 Å². The SMILES string of the molecule is CC1(C(=O)N2CCN(Cc3ccccc3)CC2)CCNC1. The van der Waals surface area contributed by atoms with Gasteiger partial charge in [-0.05, 0) is 25.5 Å². The Bertz CT molecular complexity index is 474. The number of benzene rings is 1. The molecule has 4 nitrogen and oxygen atoms in total. The first-order chi connectivity index (χ1) is 10.2. The molecule has 2 aliphatic heterocycles. The van der Waals surface area contributed by atoms with E-state index in [0.717, 1.165) is 52.2 Å². The molecule has 4 heteroatoms. The minimum absolute atomic E-state index is 0.179. The number of piperazine rings is 1. The number of amides is 1. The van der Waals surface area contributed by atoms with Crippen molar-refractivity contribution in [3.05, 3.63) is 35.9 Å². The third kappa shape index (κ3) is 3.27. The second-order valence-electron chi connectivity index (χ2n) is 6.54. The molecule has 1 N–H and O–H groups in total. The molecule has 1 aromatic carbocycles. The number of nitrogens with one attached hydrogen (secondary N) is 1. The fourth-order valence-corrected chi connectivity index (χ4v) is 3.33. The van der Waals surface area contributed by atoms with Crippen LogP contribution in [0.5, 0.6) is 0 Å². The molecule has 0 bridgehead atoms. The Hall–Kier alpha value is -1.39. The monoisotopic (exact) mass is 287 g/mol. The molecule has 0 saturated carbocycles. The van der Waals surface area contributed by atoms with Crippen molar-refractivity contribution in [3.63, 3.8) is 0 Å². The van der Waals surface area contributed by atoms with Crippen molar-refractivity contribution in [3.8, 4) is 0 Å². The Kier molecular flexibility index (Phi) is 4.27. The van der Waals surface area contributed by atoms with Crippen LogP contribution in [0.3, 0.4) is 0 Å². The average molecular weight is 287 g/mol. The molecule has 114 valence electrons. The van der Waals surface area contributed by atoms with Gasteiger partial charge in [-0.2, -0.15) is 0 Å². The lowest BCUT2D eigenvalue weighted by molar-refractivity contribution is -0.142. The van der Waals surface area contributed by atoms with Gasteiger partial charge in [-0.15, -0.1) is 0 Å². The first-order valence-corrected chi connectivity index (χ1v) is 7.94. The summed E-state index contributed by atoms with van der Waals surface area (Å²) in [7, 11) is 0. The van der Waals surface area contributed by atoms with E-state index in [1.165, 1.54) is 5.56 Å². The van der Waals surface area contributed by atoms with Gasteiger partial charge in [0.25, 0.3) is 0 Å². The molecule has 0 radical (unpaired) electrons. The molecule has 0 spiro atoms. The lowest BCUT2D eigenvalue weighted by Gasteiger charge is -2.38. The zero-order chi connectivity index (χ0) is 14.7. The van der Waals surface area contributed by atoms with Crippen LogP contribution in [-0.2, 0) is 11.3 Å². The van der Waals surface area contributed by atoms with Gasteiger partial charge in [0.1, 0.15) is 0 Å². The van der Waals surface area contributed by atoms with E-state index in [4.69, 9.17) is 0 Å². The number of hydrogen-bond donors (Lipinski definition) is 1. The van der Waals surface area contributed by atoms with E-state index in [1.54, 1.807) is 0 Å². The van der Waals surface area contributed by atoms with E-state index < -0.39 is 0 Å². The van der Waals surface area contributed by atoms with E-state index in [2.05, 4.69) is 52.4 Å². The number of nitrogens with zero attached hydrogens (tertiary/aromatic N) is 2. The molecule has 1 atom stereocenters. The zero-order valence-electron chi connectivity index (χ0n) is 12.8. The topological polar surface area (TPSA) is 35.6 Å². The summed E-state index contributed by atoms with van der Waals surface area (Å²) >= 11 is 0. The summed E-state index contributed by atoms with van der Waals surface area (Å²) in [4.78, 5) is 17.2. The normalized spacial score (nSPS) is 27.0. The smallest absolute Gasteiger partial charge is 0.229 e. The van der Waals surface area contributed by atoms with Gasteiger partial charge < -0.3 is 10.2 Å². The first kappa shape index (κ1) is 14.5. The minimum Gasteiger partial charge on any atom is -0.340 e. The van der Waals surface area contributed by atoms with Crippen molar-refractivity contribution in [2.75, 3.05) is 39.3 Å².